The Hall–Kier alpha value is -1.69. The molecule has 1 N–H and O–H groups in total. The quantitative estimate of drug-likeness (QED) is 0.611. The second-order valence-electron chi connectivity index (χ2n) is 5.24. The van der Waals surface area contributed by atoms with E-state index >= 15 is 0 Å². The SMILES string of the molecule is CCOC(=O)c1cnc(NCCCN2CCCC2)nc1C. The van der Waals surface area contributed by atoms with Crippen LogP contribution in [0.2, 0.25) is 0 Å². The lowest BCUT2D eigenvalue weighted by atomic mass is 10.2. The van der Waals surface area contributed by atoms with Gasteiger partial charge in [0.2, 0.25) is 5.95 Å². The number of nitrogens with one attached hydrogen (secondary N) is 1. The molecule has 21 heavy (non-hydrogen) atoms. The maximum absolute atomic E-state index is 11.7. The highest BCUT2D eigenvalue weighted by molar-refractivity contribution is 5.90. The molecule has 0 bridgehead atoms. The second kappa shape index (κ2) is 7.93. The van der Waals surface area contributed by atoms with Crippen LogP contribution < -0.4 is 5.32 Å². The van der Waals surface area contributed by atoms with Gasteiger partial charge in [-0.2, -0.15) is 0 Å². The molecule has 1 aromatic rings. The summed E-state index contributed by atoms with van der Waals surface area (Å²) >= 11 is 0. The largest absolute Gasteiger partial charge is 0.462 e. The lowest BCUT2D eigenvalue weighted by Crippen LogP contribution is -2.22. The van der Waals surface area contributed by atoms with Gasteiger partial charge in [-0.05, 0) is 52.7 Å². The van der Waals surface area contributed by atoms with Crippen molar-refractivity contribution >= 4 is 11.9 Å². The van der Waals surface area contributed by atoms with Gasteiger partial charge in [-0.25, -0.2) is 14.8 Å². The Kier molecular flexibility index (Phi) is 5.92. The van der Waals surface area contributed by atoms with E-state index in [1.807, 2.05) is 0 Å². The highest BCUT2D eigenvalue weighted by Gasteiger charge is 2.13. The molecular weight excluding hydrogens is 268 g/mol. The number of hydrogen-bond donors (Lipinski definition) is 1. The molecule has 0 aromatic carbocycles. The summed E-state index contributed by atoms with van der Waals surface area (Å²) in [7, 11) is 0. The summed E-state index contributed by atoms with van der Waals surface area (Å²) in [4.78, 5) is 22.6. The van der Waals surface area contributed by atoms with E-state index in [0.29, 0.717) is 23.8 Å². The molecule has 1 aromatic heterocycles. The van der Waals surface area contributed by atoms with Gasteiger partial charge in [-0.3, -0.25) is 0 Å². The van der Waals surface area contributed by atoms with Gasteiger partial charge in [0, 0.05) is 12.7 Å². The minimum Gasteiger partial charge on any atom is -0.462 e. The summed E-state index contributed by atoms with van der Waals surface area (Å²) in [6.07, 6.45) is 5.25. The lowest BCUT2D eigenvalue weighted by molar-refractivity contribution is 0.0524. The molecule has 2 heterocycles. The van der Waals surface area contributed by atoms with E-state index in [9.17, 15) is 4.79 Å². The minimum absolute atomic E-state index is 0.356. The summed E-state index contributed by atoms with van der Waals surface area (Å²) in [6.45, 7) is 8.35. The maximum atomic E-state index is 11.7. The first-order valence-corrected chi connectivity index (χ1v) is 7.67. The van der Waals surface area contributed by atoms with Crippen LogP contribution in [0.5, 0.6) is 0 Å². The normalized spacial score (nSPS) is 15.1. The van der Waals surface area contributed by atoms with Crippen LogP contribution >= 0.6 is 0 Å². The number of rotatable bonds is 7. The summed E-state index contributed by atoms with van der Waals surface area (Å²) in [5.41, 5.74) is 1.07. The van der Waals surface area contributed by atoms with Crippen molar-refractivity contribution in [2.75, 3.05) is 38.1 Å². The van der Waals surface area contributed by atoms with Crippen molar-refractivity contribution in [1.82, 2.24) is 14.9 Å². The van der Waals surface area contributed by atoms with Crippen LogP contribution in [0.15, 0.2) is 6.20 Å². The Bertz CT molecular complexity index is 473. The predicted octanol–water partition coefficient (Wildman–Crippen LogP) is 1.86. The first-order valence-electron chi connectivity index (χ1n) is 7.67. The summed E-state index contributed by atoms with van der Waals surface area (Å²) in [5, 5.41) is 3.21. The van der Waals surface area contributed by atoms with Crippen LogP contribution in [0.4, 0.5) is 5.95 Å². The van der Waals surface area contributed by atoms with Crippen molar-refractivity contribution in [3.8, 4) is 0 Å². The molecule has 0 aliphatic carbocycles. The van der Waals surface area contributed by atoms with Crippen molar-refractivity contribution in [2.24, 2.45) is 0 Å². The number of aromatic nitrogens is 2. The van der Waals surface area contributed by atoms with Crippen LogP contribution in [0.3, 0.4) is 0 Å². The van der Waals surface area contributed by atoms with E-state index in [1.165, 1.54) is 32.1 Å². The third-order valence-corrected chi connectivity index (χ3v) is 3.61. The molecule has 6 nitrogen and oxygen atoms in total. The van der Waals surface area contributed by atoms with Gasteiger partial charge in [-0.1, -0.05) is 0 Å². The molecule has 0 atom stereocenters. The summed E-state index contributed by atoms with van der Waals surface area (Å²) in [5.74, 6) is 0.206. The number of carbonyl (C=O) groups is 1. The highest BCUT2D eigenvalue weighted by Crippen LogP contribution is 2.10. The monoisotopic (exact) mass is 292 g/mol. The zero-order valence-electron chi connectivity index (χ0n) is 12.9. The lowest BCUT2D eigenvalue weighted by Gasteiger charge is -2.14. The molecule has 0 radical (unpaired) electrons. The Morgan fingerprint density at radius 3 is 2.86 bits per heavy atom. The number of nitrogens with zero attached hydrogens (tertiary/aromatic N) is 3. The maximum Gasteiger partial charge on any atom is 0.341 e. The van der Waals surface area contributed by atoms with Gasteiger partial charge in [0.05, 0.1) is 17.9 Å². The molecule has 0 spiro atoms. The Morgan fingerprint density at radius 1 is 1.43 bits per heavy atom. The van der Waals surface area contributed by atoms with Crippen molar-refractivity contribution in [3.63, 3.8) is 0 Å². The molecule has 2 rings (SSSR count). The highest BCUT2D eigenvalue weighted by atomic mass is 16.5. The van der Waals surface area contributed by atoms with Crippen LogP contribution in [-0.2, 0) is 4.74 Å². The molecule has 0 amide bonds. The standard InChI is InChI=1S/C15H24N4O2/c1-3-21-14(20)13-11-17-15(18-12(13)2)16-7-6-10-19-8-4-5-9-19/h11H,3-10H2,1-2H3,(H,16,17,18). The van der Waals surface area contributed by atoms with Gasteiger partial charge in [0.25, 0.3) is 0 Å². The van der Waals surface area contributed by atoms with E-state index in [1.54, 1.807) is 13.8 Å². The number of hydrogen-bond acceptors (Lipinski definition) is 6. The van der Waals surface area contributed by atoms with Crippen molar-refractivity contribution < 1.29 is 9.53 Å². The van der Waals surface area contributed by atoms with Crippen LogP contribution in [0.25, 0.3) is 0 Å². The van der Waals surface area contributed by atoms with E-state index in [2.05, 4.69) is 20.2 Å². The third kappa shape index (κ3) is 4.67. The van der Waals surface area contributed by atoms with Gasteiger partial charge < -0.3 is 15.0 Å². The molecule has 6 heteroatoms. The Balaban J connectivity index is 1.78. The minimum atomic E-state index is -0.365. The van der Waals surface area contributed by atoms with Gasteiger partial charge >= 0.3 is 5.97 Å². The van der Waals surface area contributed by atoms with Crippen molar-refractivity contribution in [2.45, 2.75) is 33.1 Å². The Morgan fingerprint density at radius 2 is 2.19 bits per heavy atom. The fourth-order valence-corrected chi connectivity index (χ4v) is 2.47. The molecule has 1 aliphatic rings. The first-order chi connectivity index (χ1) is 10.2. The van der Waals surface area contributed by atoms with E-state index in [-0.39, 0.29) is 5.97 Å². The summed E-state index contributed by atoms with van der Waals surface area (Å²) < 4.78 is 4.96. The number of carbonyl (C=O) groups excluding carboxylic acids is 1. The molecule has 1 saturated heterocycles. The van der Waals surface area contributed by atoms with Crippen LogP contribution in [0.1, 0.15) is 42.2 Å². The van der Waals surface area contributed by atoms with Crippen molar-refractivity contribution in [1.29, 1.82) is 0 Å². The van der Waals surface area contributed by atoms with E-state index < -0.39 is 0 Å². The smallest absolute Gasteiger partial charge is 0.341 e. The molecule has 0 saturated carbocycles. The predicted molar refractivity (Wildman–Crippen MR) is 81.5 cm³/mol. The first kappa shape index (κ1) is 15.7. The summed E-state index contributed by atoms with van der Waals surface area (Å²) in [6, 6.07) is 0. The van der Waals surface area contributed by atoms with Gasteiger partial charge in [0.1, 0.15) is 0 Å². The fraction of sp³-hybridized carbons (Fsp3) is 0.667. The third-order valence-electron chi connectivity index (χ3n) is 3.61. The van der Waals surface area contributed by atoms with Crippen molar-refractivity contribution in [3.05, 3.63) is 17.5 Å². The molecule has 1 aliphatic heterocycles. The van der Waals surface area contributed by atoms with Gasteiger partial charge in [-0.15, -0.1) is 0 Å². The average molecular weight is 292 g/mol. The fourth-order valence-electron chi connectivity index (χ4n) is 2.47. The molecule has 116 valence electrons. The zero-order valence-corrected chi connectivity index (χ0v) is 12.9. The number of likely N-dealkylation sites (tertiary alicyclic amines) is 1. The number of esters is 1. The zero-order chi connectivity index (χ0) is 15.1. The number of ether oxygens (including phenoxy) is 1. The van der Waals surface area contributed by atoms with Crippen LogP contribution in [0, 0.1) is 6.92 Å². The molecule has 0 unspecified atom stereocenters. The van der Waals surface area contributed by atoms with E-state index in [0.717, 1.165) is 19.5 Å². The molecule has 1 fully saturated rings. The second-order valence-corrected chi connectivity index (χ2v) is 5.24. The number of anilines is 1. The van der Waals surface area contributed by atoms with Crippen LogP contribution in [-0.4, -0.2) is 53.6 Å². The van der Waals surface area contributed by atoms with Gasteiger partial charge in [0.15, 0.2) is 0 Å². The average Bonchev–Trinajstić information content (AvgIpc) is 2.97. The topological polar surface area (TPSA) is 67.3 Å². The number of aryl methyl sites for hydroxylation is 1. The Labute approximate surface area is 125 Å². The molecular formula is C15H24N4O2. The van der Waals surface area contributed by atoms with E-state index in [4.69, 9.17) is 4.74 Å².